The minimum atomic E-state index is -0.224. The SMILES string of the molecule is CCN[C@@H](C)C(=O)NC(N)CC. The van der Waals surface area contributed by atoms with Crippen molar-refractivity contribution in [2.75, 3.05) is 6.54 Å². The highest BCUT2D eigenvalue weighted by Crippen LogP contribution is 1.85. The van der Waals surface area contributed by atoms with E-state index >= 15 is 0 Å². The van der Waals surface area contributed by atoms with Crippen molar-refractivity contribution in [3.05, 3.63) is 0 Å². The molecule has 12 heavy (non-hydrogen) atoms. The van der Waals surface area contributed by atoms with Gasteiger partial charge in [-0.05, 0) is 19.9 Å². The average Bonchev–Trinajstić information content (AvgIpc) is 2.04. The van der Waals surface area contributed by atoms with E-state index in [0.717, 1.165) is 13.0 Å². The van der Waals surface area contributed by atoms with Gasteiger partial charge < -0.3 is 16.4 Å². The number of nitrogens with two attached hydrogens (primary N) is 1. The summed E-state index contributed by atoms with van der Waals surface area (Å²) in [6, 6.07) is -0.160. The van der Waals surface area contributed by atoms with Gasteiger partial charge in [-0.1, -0.05) is 13.8 Å². The lowest BCUT2D eigenvalue weighted by molar-refractivity contribution is -0.123. The van der Waals surface area contributed by atoms with Crippen LogP contribution in [0.3, 0.4) is 0 Å². The monoisotopic (exact) mass is 173 g/mol. The molecule has 4 heteroatoms. The number of hydrogen-bond acceptors (Lipinski definition) is 3. The molecule has 0 spiro atoms. The molecule has 0 radical (unpaired) electrons. The zero-order valence-electron chi connectivity index (χ0n) is 8.05. The van der Waals surface area contributed by atoms with Gasteiger partial charge in [-0.3, -0.25) is 4.79 Å². The highest BCUT2D eigenvalue weighted by Gasteiger charge is 2.12. The van der Waals surface area contributed by atoms with Crippen LogP contribution in [0, 0.1) is 0 Å². The molecule has 0 aromatic rings. The van der Waals surface area contributed by atoms with Gasteiger partial charge in [-0.25, -0.2) is 0 Å². The zero-order chi connectivity index (χ0) is 9.56. The van der Waals surface area contributed by atoms with Crippen molar-refractivity contribution in [2.24, 2.45) is 5.73 Å². The summed E-state index contributed by atoms with van der Waals surface area (Å²) in [6.07, 6.45) is 0.531. The smallest absolute Gasteiger partial charge is 0.238 e. The van der Waals surface area contributed by atoms with Gasteiger partial charge in [0.25, 0.3) is 0 Å². The Hall–Kier alpha value is -0.610. The predicted molar refractivity (Wildman–Crippen MR) is 49.5 cm³/mol. The van der Waals surface area contributed by atoms with E-state index in [2.05, 4.69) is 10.6 Å². The first-order valence-electron chi connectivity index (χ1n) is 4.41. The first-order chi connectivity index (χ1) is 5.61. The van der Waals surface area contributed by atoms with Crippen LogP contribution in [0.15, 0.2) is 0 Å². The van der Waals surface area contributed by atoms with Crippen LogP contribution in [0.2, 0.25) is 0 Å². The van der Waals surface area contributed by atoms with Gasteiger partial charge in [0.15, 0.2) is 0 Å². The van der Waals surface area contributed by atoms with Gasteiger partial charge in [0, 0.05) is 0 Å². The minimum Gasteiger partial charge on any atom is -0.340 e. The van der Waals surface area contributed by atoms with E-state index < -0.39 is 0 Å². The second kappa shape index (κ2) is 5.97. The predicted octanol–water partition coefficient (Wildman–Crippen LogP) is -0.205. The van der Waals surface area contributed by atoms with Crippen molar-refractivity contribution >= 4 is 5.91 Å². The number of hydrogen-bond donors (Lipinski definition) is 3. The standard InChI is InChI=1S/C8H19N3O/c1-4-7(9)11-8(12)6(3)10-5-2/h6-7,10H,4-5,9H2,1-3H3,(H,11,12)/t6-,7?/m0/s1. The fourth-order valence-electron chi connectivity index (χ4n) is 0.809. The molecule has 0 heterocycles. The van der Waals surface area contributed by atoms with E-state index in [1.807, 2.05) is 20.8 Å². The number of carbonyl (C=O) groups excluding carboxylic acids is 1. The van der Waals surface area contributed by atoms with E-state index in [1.54, 1.807) is 0 Å². The molecule has 0 fully saturated rings. The second-order valence-electron chi connectivity index (χ2n) is 2.80. The number of likely N-dealkylation sites (N-methyl/N-ethyl adjacent to an activating group) is 1. The van der Waals surface area contributed by atoms with Gasteiger partial charge in [0.1, 0.15) is 0 Å². The van der Waals surface area contributed by atoms with Crippen LogP contribution in [0.4, 0.5) is 0 Å². The lowest BCUT2D eigenvalue weighted by Crippen LogP contribution is -2.49. The fraction of sp³-hybridized carbons (Fsp3) is 0.875. The number of rotatable bonds is 5. The lowest BCUT2D eigenvalue weighted by atomic mass is 10.3. The molecule has 1 amide bonds. The van der Waals surface area contributed by atoms with E-state index in [0.29, 0.717) is 0 Å². The molecular weight excluding hydrogens is 154 g/mol. The maximum Gasteiger partial charge on any atom is 0.238 e. The van der Waals surface area contributed by atoms with Crippen molar-refractivity contribution < 1.29 is 4.79 Å². The second-order valence-corrected chi connectivity index (χ2v) is 2.80. The van der Waals surface area contributed by atoms with Crippen molar-refractivity contribution in [1.82, 2.24) is 10.6 Å². The number of carbonyl (C=O) groups is 1. The van der Waals surface area contributed by atoms with E-state index in [1.165, 1.54) is 0 Å². The lowest BCUT2D eigenvalue weighted by Gasteiger charge is -2.16. The van der Waals surface area contributed by atoms with Crippen LogP contribution in [-0.2, 0) is 4.79 Å². The first kappa shape index (κ1) is 11.4. The Kier molecular flexibility index (Phi) is 5.66. The normalized spacial score (nSPS) is 15.3. The van der Waals surface area contributed by atoms with Crippen LogP contribution >= 0.6 is 0 Å². The molecule has 4 N–H and O–H groups in total. The third kappa shape index (κ3) is 4.31. The molecule has 0 aliphatic rings. The van der Waals surface area contributed by atoms with Crippen molar-refractivity contribution in [1.29, 1.82) is 0 Å². The molecule has 72 valence electrons. The first-order valence-corrected chi connectivity index (χ1v) is 4.41. The van der Waals surface area contributed by atoms with Crippen molar-refractivity contribution in [3.63, 3.8) is 0 Å². The van der Waals surface area contributed by atoms with Crippen LogP contribution in [-0.4, -0.2) is 24.7 Å². The Morgan fingerprint density at radius 3 is 2.50 bits per heavy atom. The quantitative estimate of drug-likeness (QED) is 0.504. The van der Waals surface area contributed by atoms with E-state index in [4.69, 9.17) is 5.73 Å². The molecule has 4 nitrogen and oxygen atoms in total. The van der Waals surface area contributed by atoms with E-state index in [-0.39, 0.29) is 18.1 Å². The maximum atomic E-state index is 11.2. The van der Waals surface area contributed by atoms with Crippen LogP contribution in [0.25, 0.3) is 0 Å². The van der Waals surface area contributed by atoms with Gasteiger partial charge in [0.2, 0.25) is 5.91 Å². The summed E-state index contributed by atoms with van der Waals surface area (Å²) in [5.74, 6) is -0.0359. The molecule has 0 bridgehead atoms. The Labute approximate surface area is 73.9 Å². The maximum absolute atomic E-state index is 11.2. The van der Waals surface area contributed by atoms with Crippen LogP contribution in [0.1, 0.15) is 27.2 Å². The number of nitrogens with one attached hydrogen (secondary N) is 2. The zero-order valence-corrected chi connectivity index (χ0v) is 8.05. The number of amides is 1. The summed E-state index contributed by atoms with van der Waals surface area (Å²) in [5.41, 5.74) is 5.55. The molecule has 0 aliphatic carbocycles. The van der Waals surface area contributed by atoms with Gasteiger partial charge in [-0.2, -0.15) is 0 Å². The molecule has 0 rings (SSSR count). The Morgan fingerprint density at radius 2 is 2.08 bits per heavy atom. The molecule has 0 aromatic heterocycles. The van der Waals surface area contributed by atoms with Gasteiger partial charge in [-0.15, -0.1) is 0 Å². The van der Waals surface area contributed by atoms with Crippen LogP contribution in [0.5, 0.6) is 0 Å². The Morgan fingerprint density at radius 1 is 1.50 bits per heavy atom. The highest BCUT2D eigenvalue weighted by atomic mass is 16.2. The van der Waals surface area contributed by atoms with Crippen molar-refractivity contribution in [2.45, 2.75) is 39.4 Å². The summed E-state index contributed by atoms with van der Waals surface area (Å²) >= 11 is 0. The van der Waals surface area contributed by atoms with Crippen molar-refractivity contribution in [3.8, 4) is 0 Å². The molecule has 1 unspecified atom stereocenters. The molecule has 0 aromatic carbocycles. The third-order valence-corrected chi connectivity index (χ3v) is 1.67. The fourth-order valence-corrected chi connectivity index (χ4v) is 0.809. The molecule has 0 aliphatic heterocycles. The highest BCUT2D eigenvalue weighted by molar-refractivity contribution is 5.81. The molecule has 0 saturated heterocycles. The van der Waals surface area contributed by atoms with Gasteiger partial charge in [0.05, 0.1) is 12.2 Å². The Balaban J connectivity index is 3.70. The molecular formula is C8H19N3O. The van der Waals surface area contributed by atoms with Crippen LogP contribution < -0.4 is 16.4 Å². The summed E-state index contributed by atoms with van der Waals surface area (Å²) in [5, 5.41) is 5.70. The topological polar surface area (TPSA) is 67.2 Å². The summed E-state index contributed by atoms with van der Waals surface area (Å²) in [7, 11) is 0. The van der Waals surface area contributed by atoms with E-state index in [9.17, 15) is 4.79 Å². The summed E-state index contributed by atoms with van der Waals surface area (Å²) < 4.78 is 0. The largest absolute Gasteiger partial charge is 0.340 e. The average molecular weight is 173 g/mol. The summed E-state index contributed by atoms with van der Waals surface area (Å²) in [4.78, 5) is 11.2. The summed E-state index contributed by atoms with van der Waals surface area (Å²) in [6.45, 7) is 6.50. The van der Waals surface area contributed by atoms with Gasteiger partial charge >= 0.3 is 0 Å². The molecule has 0 saturated carbocycles. The molecule has 2 atom stereocenters. The minimum absolute atomic E-state index is 0.0359. The third-order valence-electron chi connectivity index (χ3n) is 1.67. The Bertz CT molecular complexity index is 138.